The molecular weight excluding hydrogens is 312 g/mol. The molecule has 0 bridgehead atoms. The van der Waals surface area contributed by atoms with Gasteiger partial charge in [0.25, 0.3) is 0 Å². The van der Waals surface area contributed by atoms with Gasteiger partial charge in [0.05, 0.1) is 0 Å². The molecule has 0 saturated heterocycles. The Morgan fingerprint density at radius 1 is 1.12 bits per heavy atom. The Bertz CT molecular complexity index is 952. The van der Waals surface area contributed by atoms with E-state index in [1.165, 1.54) is 38.3 Å². The number of aryl methyl sites for hydroxylation is 2. The third-order valence-electron chi connectivity index (χ3n) is 4.94. The van der Waals surface area contributed by atoms with E-state index < -0.39 is 0 Å². The predicted molar refractivity (Wildman–Crippen MR) is 106 cm³/mol. The molecule has 0 N–H and O–H groups in total. The van der Waals surface area contributed by atoms with E-state index in [4.69, 9.17) is 0 Å². The summed E-state index contributed by atoms with van der Waals surface area (Å²) in [5, 5.41) is 1.29. The summed E-state index contributed by atoms with van der Waals surface area (Å²) in [7, 11) is 2.12. The molecule has 0 radical (unpaired) electrons. The van der Waals surface area contributed by atoms with Crippen LogP contribution >= 0.6 is 11.8 Å². The van der Waals surface area contributed by atoms with Crippen LogP contribution in [0.25, 0.3) is 16.6 Å². The van der Waals surface area contributed by atoms with E-state index in [1.807, 2.05) is 11.8 Å². The minimum absolute atomic E-state index is 0.905. The number of anilines is 1. The first kappa shape index (κ1) is 15.4. The van der Waals surface area contributed by atoms with Crippen molar-refractivity contribution < 1.29 is 0 Å². The third-order valence-corrected chi connectivity index (χ3v) is 5.81. The van der Waals surface area contributed by atoms with Crippen LogP contribution in [0.3, 0.4) is 0 Å². The summed E-state index contributed by atoms with van der Waals surface area (Å²) in [6, 6.07) is 15.7. The van der Waals surface area contributed by atoms with Gasteiger partial charge in [-0.2, -0.15) is 0 Å². The summed E-state index contributed by atoms with van der Waals surface area (Å²) in [4.78, 5) is 3.65. The molecule has 24 heavy (non-hydrogen) atoms. The summed E-state index contributed by atoms with van der Waals surface area (Å²) < 4.78 is 2.24. The summed E-state index contributed by atoms with van der Waals surface area (Å²) in [6.45, 7) is 9.61. The average Bonchev–Trinajstić information content (AvgIpc) is 3.05. The molecule has 0 saturated carbocycles. The normalized spacial score (nSPS) is 13.8. The maximum Gasteiger partial charge on any atom is 0.0488 e. The fourth-order valence-corrected chi connectivity index (χ4v) is 4.22. The lowest BCUT2D eigenvalue weighted by Crippen LogP contribution is -2.12. The summed E-state index contributed by atoms with van der Waals surface area (Å²) in [6.07, 6.45) is 0. The van der Waals surface area contributed by atoms with Crippen molar-refractivity contribution in [1.29, 1.82) is 0 Å². The summed E-state index contributed by atoms with van der Waals surface area (Å²) in [5.41, 5.74) is 7.55. The number of hydrogen-bond donors (Lipinski definition) is 0. The highest BCUT2D eigenvalue weighted by Crippen LogP contribution is 2.38. The number of benzene rings is 2. The molecule has 2 aromatic carbocycles. The number of rotatable bonds is 3. The van der Waals surface area contributed by atoms with Crippen molar-refractivity contribution in [3.05, 3.63) is 65.9 Å². The van der Waals surface area contributed by atoms with Crippen LogP contribution in [-0.2, 0) is 13.6 Å². The van der Waals surface area contributed by atoms with Crippen LogP contribution in [0.1, 0.15) is 23.7 Å². The predicted octanol–water partition coefficient (Wildman–Crippen LogP) is 5.59. The standard InChI is InChI=1S/C21H22N2S/c1-5-24-19-8-6-16-13-23(15(3)20(16)12-19)18-7-9-21-17(11-18)10-14(2)22(21)4/h6-12H,3,5,13H2,1-2,4H3. The van der Waals surface area contributed by atoms with Crippen molar-refractivity contribution in [3.63, 3.8) is 0 Å². The average molecular weight is 334 g/mol. The number of nitrogens with zero attached hydrogens (tertiary/aromatic N) is 2. The van der Waals surface area contributed by atoms with Gasteiger partial charge < -0.3 is 9.47 Å². The van der Waals surface area contributed by atoms with E-state index in [1.54, 1.807) is 0 Å². The molecule has 1 aliphatic heterocycles. The minimum atomic E-state index is 0.905. The second-order valence-corrected chi connectivity index (χ2v) is 7.71. The van der Waals surface area contributed by atoms with Gasteiger partial charge in [0.15, 0.2) is 0 Å². The first-order chi connectivity index (χ1) is 11.6. The van der Waals surface area contributed by atoms with Crippen molar-refractivity contribution in [2.45, 2.75) is 25.3 Å². The van der Waals surface area contributed by atoms with Crippen molar-refractivity contribution in [3.8, 4) is 0 Å². The monoisotopic (exact) mass is 334 g/mol. The molecule has 122 valence electrons. The Labute approximate surface area is 147 Å². The SMILES string of the molecule is C=C1c2cc(SCC)ccc2CN1c1ccc2c(c1)cc(C)n2C. The van der Waals surface area contributed by atoms with E-state index in [9.17, 15) is 0 Å². The van der Waals surface area contributed by atoms with Crippen LogP contribution in [0.5, 0.6) is 0 Å². The highest BCUT2D eigenvalue weighted by molar-refractivity contribution is 7.99. The lowest BCUT2D eigenvalue weighted by atomic mass is 10.1. The van der Waals surface area contributed by atoms with E-state index >= 15 is 0 Å². The van der Waals surface area contributed by atoms with Gasteiger partial charge >= 0.3 is 0 Å². The molecule has 2 nitrogen and oxygen atoms in total. The molecule has 2 heterocycles. The van der Waals surface area contributed by atoms with Gasteiger partial charge in [-0.1, -0.05) is 19.6 Å². The summed E-state index contributed by atoms with van der Waals surface area (Å²) in [5.74, 6) is 1.10. The molecule has 3 heteroatoms. The van der Waals surface area contributed by atoms with E-state index in [0.717, 1.165) is 18.0 Å². The van der Waals surface area contributed by atoms with Crippen LogP contribution in [-0.4, -0.2) is 10.3 Å². The Morgan fingerprint density at radius 3 is 2.75 bits per heavy atom. The molecule has 0 fully saturated rings. The second kappa shape index (κ2) is 5.75. The molecule has 0 spiro atoms. The van der Waals surface area contributed by atoms with Crippen molar-refractivity contribution in [2.75, 3.05) is 10.7 Å². The zero-order chi connectivity index (χ0) is 16.8. The summed E-state index contributed by atoms with van der Waals surface area (Å²) >= 11 is 1.88. The fourth-order valence-electron chi connectivity index (χ4n) is 3.52. The minimum Gasteiger partial charge on any atom is -0.348 e. The molecule has 1 aromatic heterocycles. The first-order valence-corrected chi connectivity index (χ1v) is 9.35. The molecule has 4 rings (SSSR count). The van der Waals surface area contributed by atoms with Crippen LogP contribution in [0.4, 0.5) is 5.69 Å². The number of thioether (sulfide) groups is 1. The molecule has 0 aliphatic carbocycles. The highest BCUT2D eigenvalue weighted by atomic mass is 32.2. The van der Waals surface area contributed by atoms with Gasteiger partial charge in [-0.3, -0.25) is 0 Å². The smallest absolute Gasteiger partial charge is 0.0488 e. The van der Waals surface area contributed by atoms with Crippen LogP contribution in [0.2, 0.25) is 0 Å². The molecule has 0 amide bonds. The van der Waals surface area contributed by atoms with Crippen molar-refractivity contribution in [1.82, 2.24) is 4.57 Å². The van der Waals surface area contributed by atoms with Crippen molar-refractivity contribution in [2.24, 2.45) is 7.05 Å². The molecule has 0 atom stereocenters. The maximum atomic E-state index is 4.37. The lowest BCUT2D eigenvalue weighted by molar-refractivity contribution is 0.918. The quantitative estimate of drug-likeness (QED) is 0.577. The van der Waals surface area contributed by atoms with E-state index in [0.29, 0.717) is 0 Å². The van der Waals surface area contributed by atoms with Crippen LogP contribution in [0.15, 0.2) is 53.9 Å². The number of fused-ring (bicyclic) bond motifs is 2. The Kier molecular flexibility index (Phi) is 3.69. The number of hydrogen-bond acceptors (Lipinski definition) is 2. The zero-order valence-electron chi connectivity index (χ0n) is 14.5. The largest absolute Gasteiger partial charge is 0.348 e. The Morgan fingerprint density at radius 2 is 1.96 bits per heavy atom. The second-order valence-electron chi connectivity index (χ2n) is 6.37. The molecule has 1 aliphatic rings. The van der Waals surface area contributed by atoms with Gasteiger partial charge in [0.2, 0.25) is 0 Å². The zero-order valence-corrected chi connectivity index (χ0v) is 15.3. The molecule has 0 unspecified atom stereocenters. The first-order valence-electron chi connectivity index (χ1n) is 8.37. The van der Waals surface area contributed by atoms with E-state index in [2.05, 4.69) is 79.4 Å². The van der Waals surface area contributed by atoms with Gasteiger partial charge in [0.1, 0.15) is 0 Å². The van der Waals surface area contributed by atoms with Gasteiger partial charge in [-0.15, -0.1) is 11.8 Å². The molecule has 3 aromatic rings. The fraction of sp³-hybridized carbons (Fsp3) is 0.238. The van der Waals surface area contributed by atoms with Crippen molar-refractivity contribution >= 4 is 34.0 Å². The van der Waals surface area contributed by atoms with Crippen LogP contribution < -0.4 is 4.90 Å². The highest BCUT2D eigenvalue weighted by Gasteiger charge is 2.24. The van der Waals surface area contributed by atoms with E-state index in [-0.39, 0.29) is 0 Å². The topological polar surface area (TPSA) is 8.17 Å². The Balaban J connectivity index is 1.72. The van der Waals surface area contributed by atoms with Crippen LogP contribution in [0, 0.1) is 6.92 Å². The molecular formula is C21H22N2S. The third kappa shape index (κ3) is 2.35. The van der Waals surface area contributed by atoms with Gasteiger partial charge in [-0.05, 0) is 54.6 Å². The van der Waals surface area contributed by atoms with Gasteiger partial charge in [0, 0.05) is 52.0 Å². The maximum absolute atomic E-state index is 4.37. The van der Waals surface area contributed by atoms with Gasteiger partial charge in [-0.25, -0.2) is 0 Å². The number of aromatic nitrogens is 1. The lowest BCUT2D eigenvalue weighted by Gasteiger charge is -2.19. The Hall–Kier alpha value is -2.13.